The third-order valence-electron chi connectivity index (χ3n) is 6.06. The monoisotopic (exact) mass is 341 g/mol. The summed E-state index contributed by atoms with van der Waals surface area (Å²) >= 11 is 0. The summed E-state index contributed by atoms with van der Waals surface area (Å²) in [4.78, 5) is 4.90. The topological polar surface area (TPSA) is 34.6 Å². The number of hydrogen-bond acceptors (Lipinski definition) is 2. The van der Waals surface area contributed by atoms with E-state index < -0.39 is 0 Å². The molecule has 1 radical (unpaired) electrons. The fourth-order valence-electron chi connectivity index (χ4n) is 4.86. The van der Waals surface area contributed by atoms with Crippen LogP contribution < -0.4 is 10.3 Å². The molecule has 4 heterocycles. The van der Waals surface area contributed by atoms with E-state index in [0.717, 1.165) is 45.4 Å². The maximum Gasteiger partial charge on any atom is 0.0701 e. The van der Waals surface area contributed by atoms with Crippen LogP contribution in [-0.2, 0) is 13.0 Å². The van der Waals surface area contributed by atoms with Gasteiger partial charge in [0.25, 0.3) is 0 Å². The van der Waals surface area contributed by atoms with Crippen molar-refractivity contribution in [3.8, 4) is 0 Å². The van der Waals surface area contributed by atoms with E-state index in [1.807, 2.05) is 0 Å². The first-order valence-corrected chi connectivity index (χ1v) is 9.57. The van der Waals surface area contributed by atoms with E-state index in [-0.39, 0.29) is 0 Å². The molecule has 1 aromatic carbocycles. The summed E-state index contributed by atoms with van der Waals surface area (Å²) in [6.45, 7) is 3.75. The molecule has 26 heavy (non-hydrogen) atoms. The van der Waals surface area contributed by atoms with Gasteiger partial charge in [0.1, 0.15) is 0 Å². The van der Waals surface area contributed by atoms with Crippen molar-refractivity contribution < 1.29 is 0 Å². The summed E-state index contributed by atoms with van der Waals surface area (Å²) in [6.07, 6.45) is 9.64. The van der Waals surface area contributed by atoms with Crippen molar-refractivity contribution in [3.05, 3.63) is 70.6 Å². The fraction of sp³-hybridized carbons (Fsp3) is 0.318. The van der Waals surface area contributed by atoms with Gasteiger partial charge in [-0.3, -0.25) is 9.67 Å². The van der Waals surface area contributed by atoms with E-state index in [4.69, 9.17) is 10.3 Å². The highest BCUT2D eigenvalue weighted by Crippen LogP contribution is 2.36. The number of rotatable bonds is 1. The summed E-state index contributed by atoms with van der Waals surface area (Å²) in [5.41, 5.74) is 9.60. The predicted molar refractivity (Wildman–Crippen MR) is 105 cm³/mol. The first-order chi connectivity index (χ1) is 12.9. The Kier molecular flexibility index (Phi) is 3.05. The minimum absolute atomic E-state index is 0.835. The smallest absolute Gasteiger partial charge is 0.0701 e. The molecular weight excluding hydrogens is 320 g/mol. The van der Waals surface area contributed by atoms with E-state index in [2.05, 4.69) is 52.2 Å². The number of para-hydroxylation sites is 1. The van der Waals surface area contributed by atoms with E-state index >= 15 is 0 Å². The van der Waals surface area contributed by atoms with Gasteiger partial charge in [-0.25, -0.2) is 5.32 Å². The standard InChI is InChI=1S/C22H21N4/c1-3-7-19-15(5-1)18-14-25(12-10-20(18)24-19)26-21-8-4-2-6-16(21)17-9-11-23-13-22(17)26/h1-4,6-8H,5,9-14H2. The largest absolute Gasteiger partial charge is 0.308 e. The molecule has 1 aromatic heterocycles. The number of benzene rings is 1. The molecule has 0 spiro atoms. The Bertz CT molecular complexity index is 1050. The Morgan fingerprint density at radius 2 is 2.00 bits per heavy atom. The van der Waals surface area contributed by atoms with Crippen LogP contribution in [0.1, 0.15) is 24.1 Å². The average molecular weight is 341 g/mol. The second-order valence-corrected chi connectivity index (χ2v) is 7.45. The molecule has 4 heteroatoms. The van der Waals surface area contributed by atoms with Crippen molar-refractivity contribution in [2.45, 2.75) is 25.8 Å². The first-order valence-electron chi connectivity index (χ1n) is 9.57. The van der Waals surface area contributed by atoms with Crippen LogP contribution in [0.3, 0.4) is 0 Å². The van der Waals surface area contributed by atoms with E-state index in [9.17, 15) is 0 Å². The van der Waals surface area contributed by atoms with Gasteiger partial charge < -0.3 is 5.01 Å². The van der Waals surface area contributed by atoms with Gasteiger partial charge >= 0.3 is 0 Å². The average Bonchev–Trinajstić information content (AvgIpc) is 3.23. The molecule has 129 valence electrons. The summed E-state index contributed by atoms with van der Waals surface area (Å²) in [5.74, 6) is 0. The molecule has 1 saturated heterocycles. The van der Waals surface area contributed by atoms with Crippen LogP contribution in [0.15, 0.2) is 64.3 Å². The van der Waals surface area contributed by atoms with E-state index in [0.29, 0.717) is 0 Å². The highest BCUT2D eigenvalue weighted by atomic mass is 15.6. The third-order valence-corrected chi connectivity index (χ3v) is 6.06. The summed E-state index contributed by atoms with van der Waals surface area (Å²) in [5, 5.41) is 8.62. The van der Waals surface area contributed by atoms with E-state index in [1.165, 1.54) is 44.7 Å². The van der Waals surface area contributed by atoms with Gasteiger partial charge in [0.05, 0.1) is 30.0 Å². The van der Waals surface area contributed by atoms with Crippen molar-refractivity contribution in [2.75, 3.05) is 24.6 Å². The molecule has 4 aliphatic rings. The third kappa shape index (κ3) is 1.96. The molecule has 0 saturated carbocycles. The maximum atomic E-state index is 4.90. The first kappa shape index (κ1) is 14.6. The molecule has 0 atom stereocenters. The lowest BCUT2D eigenvalue weighted by Crippen LogP contribution is -2.44. The van der Waals surface area contributed by atoms with Gasteiger partial charge in [-0.2, -0.15) is 0 Å². The van der Waals surface area contributed by atoms with Gasteiger partial charge in [0.2, 0.25) is 0 Å². The fourth-order valence-corrected chi connectivity index (χ4v) is 4.86. The zero-order chi connectivity index (χ0) is 17.1. The minimum Gasteiger partial charge on any atom is -0.308 e. The van der Waals surface area contributed by atoms with Crippen molar-refractivity contribution in [1.29, 1.82) is 0 Å². The van der Waals surface area contributed by atoms with Gasteiger partial charge in [0.15, 0.2) is 0 Å². The Morgan fingerprint density at radius 3 is 3.00 bits per heavy atom. The summed E-state index contributed by atoms with van der Waals surface area (Å²) in [7, 11) is 0. The molecule has 0 unspecified atom stereocenters. The maximum absolute atomic E-state index is 4.90. The number of hydrogen-bond donors (Lipinski definition) is 0. The molecule has 4 nitrogen and oxygen atoms in total. The number of piperidine rings is 1. The normalized spacial score (nSPS) is 21.5. The van der Waals surface area contributed by atoms with Crippen molar-refractivity contribution >= 4 is 16.6 Å². The van der Waals surface area contributed by atoms with Crippen molar-refractivity contribution in [1.82, 2.24) is 9.99 Å². The lowest BCUT2D eigenvalue weighted by Gasteiger charge is -2.34. The van der Waals surface area contributed by atoms with Crippen LogP contribution in [0, 0.1) is 0 Å². The molecule has 2 aromatic rings. The number of fused-ring (bicyclic) bond motifs is 5. The minimum atomic E-state index is 0.835. The lowest BCUT2D eigenvalue weighted by atomic mass is 9.95. The van der Waals surface area contributed by atoms with Crippen molar-refractivity contribution in [3.63, 3.8) is 0 Å². The Balaban J connectivity index is 1.48. The van der Waals surface area contributed by atoms with Crippen molar-refractivity contribution in [2.24, 2.45) is 4.99 Å². The zero-order valence-electron chi connectivity index (χ0n) is 14.8. The van der Waals surface area contributed by atoms with Gasteiger partial charge in [-0.05, 0) is 36.1 Å². The molecule has 1 fully saturated rings. The molecule has 6 rings (SSSR count). The van der Waals surface area contributed by atoms with Crippen LogP contribution in [0.5, 0.6) is 0 Å². The summed E-state index contributed by atoms with van der Waals surface area (Å²) in [6, 6.07) is 8.85. The number of aliphatic imine (C=N–C) groups is 1. The van der Waals surface area contributed by atoms with Gasteiger partial charge in [-0.15, -0.1) is 0 Å². The summed E-state index contributed by atoms with van der Waals surface area (Å²) < 4.78 is 2.47. The molecule has 0 amide bonds. The van der Waals surface area contributed by atoms with Crippen LogP contribution in [0.2, 0.25) is 0 Å². The Hall–Kier alpha value is -2.59. The van der Waals surface area contributed by atoms with E-state index in [1.54, 1.807) is 0 Å². The van der Waals surface area contributed by atoms with Crippen LogP contribution in [0.4, 0.5) is 0 Å². The molecule has 0 bridgehead atoms. The van der Waals surface area contributed by atoms with Crippen LogP contribution in [-0.4, -0.2) is 30.0 Å². The lowest BCUT2D eigenvalue weighted by molar-refractivity contribution is 0.547. The Morgan fingerprint density at radius 1 is 1.04 bits per heavy atom. The van der Waals surface area contributed by atoms with Gasteiger partial charge in [0, 0.05) is 36.2 Å². The Labute approximate surface area is 153 Å². The van der Waals surface area contributed by atoms with Crippen LogP contribution in [0.25, 0.3) is 10.9 Å². The predicted octanol–water partition coefficient (Wildman–Crippen LogP) is 3.24. The molecule has 0 N–H and O–H groups in total. The highest BCUT2D eigenvalue weighted by Gasteiger charge is 2.31. The molecular formula is C22H21N4. The molecule has 3 aliphatic heterocycles. The quantitative estimate of drug-likeness (QED) is 0.784. The second kappa shape index (κ2) is 5.45. The molecule has 1 aliphatic carbocycles. The second-order valence-electron chi connectivity index (χ2n) is 7.45. The number of allylic oxidation sites excluding steroid dienone is 4. The number of nitrogens with zero attached hydrogens (tertiary/aromatic N) is 4. The highest BCUT2D eigenvalue weighted by molar-refractivity contribution is 6.06. The van der Waals surface area contributed by atoms with Crippen LogP contribution >= 0.6 is 0 Å². The van der Waals surface area contributed by atoms with Gasteiger partial charge in [-0.1, -0.05) is 30.4 Å². The SMILES string of the molecule is C1=CCC2=C3CN(n4c5c(c6ccccc64)CC[N]C5)CCC3=NC2=C1. The zero-order valence-corrected chi connectivity index (χ0v) is 14.8. The number of aromatic nitrogens is 1.